The first-order valence-electron chi connectivity index (χ1n) is 22.3. The lowest BCUT2D eigenvalue weighted by atomic mass is 9.89. The second-order valence-electron chi connectivity index (χ2n) is 18.5. The summed E-state index contributed by atoms with van der Waals surface area (Å²) >= 11 is 0. The third-order valence-electron chi connectivity index (χ3n) is 13.1. The van der Waals surface area contributed by atoms with Crippen LogP contribution >= 0.6 is 0 Å². The standard InChI is InChI=1S/C48H70N6O6Si/c1-8-36-16-22-50-43(33-36)54-28-31-59-48(35-54)20-25-53(26-21-48)24-17-37-10-9-11-38(32-37)18-29-58-30-19-45(57)52(5)27-23-49-34-42(60-61(6,7)47(2,3)4)39-12-14-41(55)46-40(39)13-15-44(56)51-46/h9-16,22,32-33,42,49,55H,8,17-21,23-31,34-35H2,1-7H3,(H,51,56)/t42-/m0/s1. The molecule has 2 aromatic carbocycles. The number of hydrogen-bond acceptors (Lipinski definition) is 10. The molecule has 2 saturated heterocycles. The molecule has 2 aliphatic heterocycles. The number of aromatic nitrogens is 2. The van der Waals surface area contributed by atoms with Crippen LogP contribution in [0, 0.1) is 0 Å². The van der Waals surface area contributed by atoms with E-state index in [4.69, 9.17) is 13.9 Å². The Morgan fingerprint density at radius 2 is 1.80 bits per heavy atom. The number of fused-ring (bicyclic) bond motifs is 1. The number of carbonyl (C=O) groups is 1. The number of H-pyrrole nitrogens is 1. The van der Waals surface area contributed by atoms with Crippen molar-refractivity contribution in [1.29, 1.82) is 0 Å². The third kappa shape index (κ3) is 12.5. The van der Waals surface area contributed by atoms with E-state index >= 15 is 0 Å². The van der Waals surface area contributed by atoms with Gasteiger partial charge in [0.15, 0.2) is 8.32 Å². The Morgan fingerprint density at radius 1 is 1.03 bits per heavy atom. The number of likely N-dealkylation sites (N-methyl/N-ethyl adjacent to an activating group) is 1. The lowest BCUT2D eigenvalue weighted by Crippen LogP contribution is -2.57. The minimum Gasteiger partial charge on any atom is -0.506 e. The summed E-state index contributed by atoms with van der Waals surface area (Å²) in [6.45, 7) is 21.5. The monoisotopic (exact) mass is 855 g/mol. The number of nitrogens with one attached hydrogen (secondary N) is 2. The van der Waals surface area contributed by atoms with Crippen molar-refractivity contribution in [1.82, 2.24) is 25.1 Å². The number of phenols is 1. The smallest absolute Gasteiger partial charge is 0.248 e. The van der Waals surface area contributed by atoms with Gasteiger partial charge in [0.2, 0.25) is 11.5 Å². The third-order valence-corrected chi connectivity index (χ3v) is 17.6. The molecular formula is C48H70N6O6Si. The Morgan fingerprint density at radius 3 is 2.56 bits per heavy atom. The topological polar surface area (TPSA) is 132 Å². The Labute approximate surface area is 364 Å². The van der Waals surface area contributed by atoms with Crippen molar-refractivity contribution in [3.05, 3.63) is 99.5 Å². The van der Waals surface area contributed by atoms with Gasteiger partial charge in [0.1, 0.15) is 11.6 Å². The molecule has 6 rings (SSSR count). The summed E-state index contributed by atoms with van der Waals surface area (Å²) in [5.74, 6) is 1.15. The Hall–Kier alpha value is -4.11. The number of aromatic amines is 1. The van der Waals surface area contributed by atoms with Gasteiger partial charge in [-0.25, -0.2) is 4.98 Å². The summed E-state index contributed by atoms with van der Waals surface area (Å²) in [6, 6.07) is 19.9. The molecule has 1 atom stereocenters. The van der Waals surface area contributed by atoms with Crippen molar-refractivity contribution in [3.8, 4) is 5.75 Å². The van der Waals surface area contributed by atoms with E-state index in [1.807, 2.05) is 19.3 Å². The van der Waals surface area contributed by atoms with E-state index < -0.39 is 8.32 Å². The van der Waals surface area contributed by atoms with E-state index in [1.165, 1.54) is 22.8 Å². The molecule has 332 valence electrons. The minimum atomic E-state index is -2.20. The normalized spacial score (nSPS) is 16.6. The summed E-state index contributed by atoms with van der Waals surface area (Å²) in [5, 5.41) is 14.7. The van der Waals surface area contributed by atoms with Crippen LogP contribution < -0.4 is 15.8 Å². The maximum absolute atomic E-state index is 13.0. The van der Waals surface area contributed by atoms with E-state index in [1.54, 1.807) is 17.0 Å². The van der Waals surface area contributed by atoms with Gasteiger partial charge in [0.05, 0.1) is 43.5 Å². The van der Waals surface area contributed by atoms with E-state index in [2.05, 4.69) is 102 Å². The van der Waals surface area contributed by atoms with Crippen LogP contribution in [0.5, 0.6) is 5.75 Å². The van der Waals surface area contributed by atoms with Gasteiger partial charge in [-0.3, -0.25) is 9.59 Å². The molecule has 2 fully saturated rings. The maximum Gasteiger partial charge on any atom is 0.248 e. The van der Waals surface area contributed by atoms with Gasteiger partial charge < -0.3 is 44.0 Å². The molecule has 61 heavy (non-hydrogen) atoms. The van der Waals surface area contributed by atoms with Crippen molar-refractivity contribution in [2.45, 2.75) is 96.1 Å². The number of pyridine rings is 2. The van der Waals surface area contributed by atoms with Gasteiger partial charge in [0, 0.05) is 77.1 Å². The highest BCUT2D eigenvalue weighted by molar-refractivity contribution is 6.74. The first kappa shape index (κ1) is 46.4. The first-order chi connectivity index (χ1) is 29.1. The fourth-order valence-corrected chi connectivity index (χ4v) is 9.42. The van der Waals surface area contributed by atoms with Crippen LogP contribution in [0.2, 0.25) is 18.1 Å². The van der Waals surface area contributed by atoms with Gasteiger partial charge in [-0.15, -0.1) is 0 Å². The zero-order valence-corrected chi connectivity index (χ0v) is 38.7. The van der Waals surface area contributed by atoms with Gasteiger partial charge in [-0.05, 0) is 96.8 Å². The van der Waals surface area contributed by atoms with Crippen LogP contribution in [0.15, 0.2) is 71.7 Å². The number of amides is 1. The Bertz CT molecular complexity index is 2110. The van der Waals surface area contributed by atoms with Crippen molar-refractivity contribution in [2.24, 2.45) is 0 Å². The number of ether oxygens (including phenoxy) is 2. The molecule has 1 spiro atoms. The average Bonchev–Trinajstić information content (AvgIpc) is 3.24. The number of aryl methyl sites for hydroxylation is 1. The van der Waals surface area contributed by atoms with E-state index in [0.29, 0.717) is 44.8 Å². The number of phenolic OH excluding ortho intramolecular Hbond substituents is 1. The van der Waals surface area contributed by atoms with E-state index in [0.717, 1.165) is 88.2 Å². The number of morpholine rings is 1. The van der Waals surface area contributed by atoms with Crippen LogP contribution in [0.1, 0.15) is 75.3 Å². The lowest BCUT2D eigenvalue weighted by Gasteiger charge is -2.47. The number of nitrogens with zero attached hydrogens (tertiary/aromatic N) is 4. The molecule has 13 heteroatoms. The highest BCUT2D eigenvalue weighted by Gasteiger charge is 2.41. The number of anilines is 1. The van der Waals surface area contributed by atoms with Gasteiger partial charge >= 0.3 is 0 Å². The van der Waals surface area contributed by atoms with Crippen molar-refractivity contribution >= 4 is 30.9 Å². The second-order valence-corrected chi connectivity index (χ2v) is 23.3. The summed E-state index contributed by atoms with van der Waals surface area (Å²) < 4.78 is 19.3. The SMILES string of the molecule is CCc1ccnc(N2CCOC3(CCN(CCc4cccc(CCOCCC(=O)N(C)CCNC[C@H](O[Si](C)(C)C(C)(C)C)c5ccc(O)c6[nH]c(=O)ccc56)c4)CC3)C2)c1. The molecule has 0 unspecified atom stereocenters. The predicted octanol–water partition coefficient (Wildman–Crippen LogP) is 6.87. The highest BCUT2D eigenvalue weighted by Crippen LogP contribution is 2.41. The zero-order chi connectivity index (χ0) is 43.6. The average molecular weight is 855 g/mol. The number of benzene rings is 2. The van der Waals surface area contributed by atoms with Crippen LogP contribution in [-0.2, 0) is 38.0 Å². The van der Waals surface area contributed by atoms with Crippen molar-refractivity contribution < 1.29 is 23.8 Å². The molecule has 12 nitrogen and oxygen atoms in total. The van der Waals surface area contributed by atoms with Crippen molar-refractivity contribution in [3.63, 3.8) is 0 Å². The fraction of sp³-hybridized carbons (Fsp3) is 0.562. The number of hydrogen-bond donors (Lipinski definition) is 3. The summed E-state index contributed by atoms with van der Waals surface area (Å²) in [6.07, 6.45) is 6.88. The van der Waals surface area contributed by atoms with Crippen molar-refractivity contribution in [2.75, 3.05) is 84.1 Å². The lowest BCUT2D eigenvalue weighted by molar-refractivity contribution is -0.131. The number of piperidine rings is 1. The first-order valence-corrected chi connectivity index (χ1v) is 25.3. The van der Waals surface area contributed by atoms with Gasteiger partial charge in [-0.2, -0.15) is 0 Å². The van der Waals surface area contributed by atoms with Crippen LogP contribution in [0.25, 0.3) is 10.9 Å². The van der Waals surface area contributed by atoms with Crippen LogP contribution in [-0.4, -0.2) is 124 Å². The highest BCUT2D eigenvalue weighted by atomic mass is 28.4. The number of likely N-dealkylation sites (tertiary alicyclic amines) is 1. The molecule has 3 N–H and O–H groups in total. The molecule has 2 aromatic heterocycles. The predicted molar refractivity (Wildman–Crippen MR) is 247 cm³/mol. The summed E-state index contributed by atoms with van der Waals surface area (Å²) in [4.78, 5) is 39.2. The maximum atomic E-state index is 13.0. The molecule has 4 heterocycles. The molecule has 1 amide bonds. The molecule has 0 bridgehead atoms. The molecule has 0 aliphatic carbocycles. The number of rotatable bonds is 19. The number of carbonyl (C=O) groups excluding carboxylic acids is 1. The molecular weight excluding hydrogens is 785 g/mol. The second kappa shape index (κ2) is 20.8. The van der Waals surface area contributed by atoms with E-state index in [-0.39, 0.29) is 34.0 Å². The number of aromatic hydroxyl groups is 1. The molecule has 0 saturated carbocycles. The quantitative estimate of drug-likeness (QED) is 0.0679. The van der Waals surface area contributed by atoms with E-state index in [9.17, 15) is 14.7 Å². The summed E-state index contributed by atoms with van der Waals surface area (Å²) in [7, 11) is -0.371. The Balaban J connectivity index is 0.885. The summed E-state index contributed by atoms with van der Waals surface area (Å²) in [5.41, 5.74) is 4.87. The zero-order valence-electron chi connectivity index (χ0n) is 37.7. The van der Waals surface area contributed by atoms with Crippen LogP contribution in [0.3, 0.4) is 0 Å². The van der Waals surface area contributed by atoms with Crippen LogP contribution in [0.4, 0.5) is 5.82 Å². The van der Waals surface area contributed by atoms with Gasteiger partial charge in [-0.1, -0.05) is 58.0 Å². The molecule has 2 aliphatic rings. The largest absolute Gasteiger partial charge is 0.506 e. The molecule has 0 radical (unpaired) electrons. The minimum absolute atomic E-state index is 0.0148. The van der Waals surface area contributed by atoms with Gasteiger partial charge in [0.25, 0.3) is 0 Å². The fourth-order valence-electron chi connectivity index (χ4n) is 8.14. The Kier molecular flexibility index (Phi) is 15.8. The molecule has 4 aromatic rings.